The highest BCUT2D eigenvalue weighted by molar-refractivity contribution is 5.46. The Morgan fingerprint density at radius 1 is 1.41 bits per heavy atom. The Kier molecular flexibility index (Phi) is 4.19. The van der Waals surface area contributed by atoms with Gasteiger partial charge in [0.05, 0.1) is 19.3 Å². The molecule has 0 bridgehead atoms. The smallest absolute Gasteiger partial charge is 0.119 e. The van der Waals surface area contributed by atoms with E-state index >= 15 is 0 Å². The van der Waals surface area contributed by atoms with Gasteiger partial charge >= 0.3 is 0 Å². The molecule has 1 heterocycles. The van der Waals surface area contributed by atoms with Crippen molar-refractivity contribution in [2.45, 2.75) is 12.2 Å². The molecular weight excluding hydrogens is 222 g/mol. The number of aliphatic hydroxyl groups excluding tert-OH is 2. The number of hydrogen-bond acceptors (Lipinski definition) is 5. The van der Waals surface area contributed by atoms with E-state index in [-0.39, 0.29) is 12.7 Å². The molecule has 2 rings (SSSR count). The van der Waals surface area contributed by atoms with Crippen LogP contribution in [0.25, 0.3) is 0 Å². The Morgan fingerprint density at radius 3 is 2.71 bits per heavy atom. The monoisotopic (exact) mass is 239 g/mol. The number of hydrogen-bond donors (Lipinski definition) is 3. The summed E-state index contributed by atoms with van der Waals surface area (Å²) in [5.41, 5.74) is 0.882. The first-order chi connectivity index (χ1) is 8.28. The lowest BCUT2D eigenvalue weighted by atomic mass is 10.3. The van der Waals surface area contributed by atoms with Gasteiger partial charge in [0.1, 0.15) is 18.5 Å². The quantitative estimate of drug-likeness (QED) is 0.594. The Bertz CT molecular complexity index is 337. The summed E-state index contributed by atoms with van der Waals surface area (Å²) in [5, 5.41) is 20.8. The lowest BCUT2D eigenvalue weighted by Crippen LogP contribution is -2.22. The summed E-state index contributed by atoms with van der Waals surface area (Å²) in [6.07, 6.45) is -0.481. The van der Waals surface area contributed by atoms with Crippen LogP contribution in [0.1, 0.15) is 0 Å². The molecule has 0 saturated carbocycles. The third-order valence-electron chi connectivity index (χ3n) is 2.45. The number of rotatable bonds is 7. The maximum absolute atomic E-state index is 9.17. The minimum Gasteiger partial charge on any atom is -0.491 e. The number of ether oxygens (including phenoxy) is 2. The van der Waals surface area contributed by atoms with Crippen molar-refractivity contribution in [3.63, 3.8) is 0 Å². The van der Waals surface area contributed by atoms with Crippen molar-refractivity contribution >= 4 is 5.69 Å². The molecule has 94 valence electrons. The summed E-state index contributed by atoms with van der Waals surface area (Å²) < 4.78 is 10.5. The fraction of sp³-hybridized carbons (Fsp3) is 0.500. The first kappa shape index (κ1) is 12.2. The van der Waals surface area contributed by atoms with E-state index in [1.165, 1.54) is 0 Å². The summed E-state index contributed by atoms with van der Waals surface area (Å²) in [6.45, 7) is 1.47. The number of anilines is 1. The normalized spacial score (nSPS) is 19.8. The molecule has 0 radical (unpaired) electrons. The summed E-state index contributed by atoms with van der Waals surface area (Å²) in [7, 11) is 0. The second-order valence-electron chi connectivity index (χ2n) is 4.01. The van der Waals surface area contributed by atoms with Gasteiger partial charge in [-0.15, -0.1) is 0 Å². The van der Waals surface area contributed by atoms with Crippen LogP contribution >= 0.6 is 0 Å². The van der Waals surface area contributed by atoms with E-state index in [4.69, 9.17) is 14.6 Å². The van der Waals surface area contributed by atoms with E-state index in [0.29, 0.717) is 13.2 Å². The minimum atomic E-state index is -0.738. The van der Waals surface area contributed by atoms with Crippen molar-refractivity contribution < 1.29 is 19.7 Å². The van der Waals surface area contributed by atoms with Crippen LogP contribution in [-0.4, -0.2) is 48.8 Å². The maximum atomic E-state index is 9.17. The van der Waals surface area contributed by atoms with Crippen LogP contribution in [0.4, 0.5) is 5.69 Å². The zero-order valence-electron chi connectivity index (χ0n) is 9.50. The molecule has 17 heavy (non-hydrogen) atoms. The Hall–Kier alpha value is -1.30. The van der Waals surface area contributed by atoms with Gasteiger partial charge in [0.2, 0.25) is 0 Å². The van der Waals surface area contributed by atoms with Crippen LogP contribution in [-0.2, 0) is 4.74 Å². The van der Waals surface area contributed by atoms with Gasteiger partial charge in [-0.2, -0.15) is 0 Å². The van der Waals surface area contributed by atoms with Gasteiger partial charge < -0.3 is 25.0 Å². The lowest BCUT2D eigenvalue weighted by Gasteiger charge is -2.11. The molecule has 0 aromatic heterocycles. The van der Waals surface area contributed by atoms with Gasteiger partial charge in [0, 0.05) is 12.2 Å². The standard InChI is InChI=1S/C12H17NO4/c14-6-10(15)5-13-9-1-3-11(4-2-9)16-7-12-8-17-12/h1-4,10,12-15H,5-8H2. The van der Waals surface area contributed by atoms with Gasteiger partial charge in [0.25, 0.3) is 0 Å². The lowest BCUT2D eigenvalue weighted by molar-refractivity contribution is 0.105. The molecule has 2 atom stereocenters. The van der Waals surface area contributed by atoms with E-state index in [1.54, 1.807) is 0 Å². The minimum absolute atomic E-state index is 0.240. The number of aliphatic hydroxyl groups is 2. The summed E-state index contributed by atoms with van der Waals surface area (Å²) >= 11 is 0. The van der Waals surface area contributed by atoms with Crippen molar-refractivity contribution in [2.75, 3.05) is 31.7 Å². The van der Waals surface area contributed by atoms with Crippen LogP contribution in [0.2, 0.25) is 0 Å². The zero-order valence-corrected chi connectivity index (χ0v) is 9.50. The maximum Gasteiger partial charge on any atom is 0.119 e. The average Bonchev–Trinajstić information content (AvgIpc) is 3.18. The fourth-order valence-corrected chi connectivity index (χ4v) is 1.32. The molecule has 1 saturated heterocycles. The third kappa shape index (κ3) is 4.22. The van der Waals surface area contributed by atoms with Crippen molar-refractivity contribution in [1.82, 2.24) is 0 Å². The fourth-order valence-electron chi connectivity index (χ4n) is 1.32. The van der Waals surface area contributed by atoms with Gasteiger partial charge in [0.15, 0.2) is 0 Å². The van der Waals surface area contributed by atoms with E-state index in [9.17, 15) is 5.11 Å². The highest BCUT2D eigenvalue weighted by Gasteiger charge is 2.22. The summed E-state index contributed by atoms with van der Waals surface area (Å²) in [6, 6.07) is 7.45. The van der Waals surface area contributed by atoms with E-state index in [1.807, 2.05) is 24.3 Å². The van der Waals surface area contributed by atoms with E-state index in [2.05, 4.69) is 5.32 Å². The molecule has 1 aromatic rings. The van der Waals surface area contributed by atoms with E-state index < -0.39 is 6.10 Å². The second kappa shape index (κ2) is 5.86. The Balaban J connectivity index is 1.75. The van der Waals surface area contributed by atoms with Crippen LogP contribution < -0.4 is 10.1 Å². The van der Waals surface area contributed by atoms with Crippen LogP contribution in [0, 0.1) is 0 Å². The van der Waals surface area contributed by atoms with Crippen molar-refractivity contribution in [1.29, 1.82) is 0 Å². The molecular formula is C12H17NO4. The van der Waals surface area contributed by atoms with Gasteiger partial charge in [-0.3, -0.25) is 0 Å². The molecule has 1 aromatic carbocycles. The molecule has 2 unspecified atom stereocenters. The van der Waals surface area contributed by atoms with Crippen molar-refractivity contribution in [3.05, 3.63) is 24.3 Å². The predicted molar refractivity (Wildman–Crippen MR) is 63.3 cm³/mol. The molecule has 0 spiro atoms. The van der Waals surface area contributed by atoms with Gasteiger partial charge in [-0.25, -0.2) is 0 Å². The first-order valence-corrected chi connectivity index (χ1v) is 5.65. The molecule has 1 fully saturated rings. The molecule has 0 aliphatic carbocycles. The second-order valence-corrected chi connectivity index (χ2v) is 4.01. The van der Waals surface area contributed by atoms with Crippen molar-refractivity contribution in [2.24, 2.45) is 0 Å². The molecule has 5 heteroatoms. The van der Waals surface area contributed by atoms with Gasteiger partial charge in [-0.05, 0) is 24.3 Å². The topological polar surface area (TPSA) is 74.2 Å². The zero-order chi connectivity index (χ0) is 12.1. The molecule has 1 aliphatic rings. The number of benzene rings is 1. The van der Waals surface area contributed by atoms with Crippen LogP contribution in [0.5, 0.6) is 5.75 Å². The largest absolute Gasteiger partial charge is 0.491 e. The SMILES string of the molecule is OCC(O)CNc1ccc(OCC2CO2)cc1. The van der Waals surface area contributed by atoms with Gasteiger partial charge in [-0.1, -0.05) is 0 Å². The number of nitrogens with one attached hydrogen (secondary N) is 1. The summed E-state index contributed by atoms with van der Waals surface area (Å²) in [4.78, 5) is 0. The van der Waals surface area contributed by atoms with E-state index in [0.717, 1.165) is 18.0 Å². The molecule has 1 aliphatic heterocycles. The molecule has 0 amide bonds. The Morgan fingerprint density at radius 2 is 2.12 bits per heavy atom. The highest BCUT2D eigenvalue weighted by atomic mass is 16.6. The third-order valence-corrected chi connectivity index (χ3v) is 2.45. The van der Waals surface area contributed by atoms with Crippen LogP contribution in [0.15, 0.2) is 24.3 Å². The highest BCUT2D eigenvalue weighted by Crippen LogP contribution is 2.17. The predicted octanol–water partition coefficient (Wildman–Crippen LogP) is 0.229. The average molecular weight is 239 g/mol. The van der Waals surface area contributed by atoms with Crippen molar-refractivity contribution in [3.8, 4) is 5.75 Å². The Labute approximate surface area is 100.0 Å². The van der Waals surface area contributed by atoms with Crippen LogP contribution in [0.3, 0.4) is 0 Å². The number of epoxide rings is 1. The molecule has 5 nitrogen and oxygen atoms in total. The first-order valence-electron chi connectivity index (χ1n) is 5.65. The molecule has 3 N–H and O–H groups in total. The summed E-state index contributed by atoms with van der Waals surface area (Å²) in [5.74, 6) is 0.800.